The molecule has 1 aromatic rings. The van der Waals surface area contributed by atoms with Crippen LogP contribution in [0.25, 0.3) is 0 Å². The van der Waals surface area contributed by atoms with Crippen LogP contribution in [0.4, 0.5) is 4.79 Å². The number of piperidine rings is 1. The van der Waals surface area contributed by atoms with Gasteiger partial charge in [0.1, 0.15) is 18.8 Å². The fourth-order valence-corrected chi connectivity index (χ4v) is 14.6. The van der Waals surface area contributed by atoms with Gasteiger partial charge in [-0.1, -0.05) is 172 Å². The van der Waals surface area contributed by atoms with E-state index in [1.807, 2.05) is 30.3 Å². The third-order valence-electron chi connectivity index (χ3n) is 18.8. The number of amides is 1. The molecule has 1 saturated heterocycles. The molecular weight excluding hydrogens is 905 g/mol. The van der Waals surface area contributed by atoms with Crippen LogP contribution in [0, 0.1) is 46.3 Å². The molecule has 8 nitrogen and oxygen atoms in total. The van der Waals surface area contributed by atoms with Crippen LogP contribution in [-0.4, -0.2) is 81.3 Å². The van der Waals surface area contributed by atoms with Gasteiger partial charge in [-0.3, -0.25) is 0 Å². The molecule has 1 aromatic carbocycles. The molecule has 5 aliphatic rings. The predicted molar refractivity (Wildman–Crippen MR) is 302 cm³/mol. The van der Waals surface area contributed by atoms with Crippen molar-refractivity contribution in [2.75, 3.05) is 46.1 Å². The first kappa shape index (κ1) is 59.3. The Balaban J connectivity index is 0.914. The fraction of sp³-hybridized carbons (Fsp3) is 0.785. The van der Waals surface area contributed by atoms with Gasteiger partial charge in [-0.15, -0.1) is 0 Å². The molecule has 73 heavy (non-hydrogen) atoms. The molecule has 4 fully saturated rings. The van der Waals surface area contributed by atoms with E-state index in [2.05, 4.69) is 82.1 Å². The first-order valence-corrected chi connectivity index (χ1v) is 30.6. The van der Waals surface area contributed by atoms with Crippen molar-refractivity contribution < 1.29 is 28.5 Å². The van der Waals surface area contributed by atoms with Crippen LogP contribution in [0.5, 0.6) is 0 Å². The molecule has 4 aliphatic carbocycles. The van der Waals surface area contributed by atoms with Gasteiger partial charge >= 0.3 is 12.1 Å². The van der Waals surface area contributed by atoms with Gasteiger partial charge in [-0.2, -0.15) is 0 Å². The highest BCUT2D eigenvalue weighted by molar-refractivity contribution is 5.81. The minimum Gasteiger partial charge on any atom is -0.462 e. The SMILES string of the molecule is CCCCCC=CCC=CCCCCCCCCOCC(CN1CCCCC1)OCCOC(=O)[C@H](Cc1ccccc1)NC(=O)OC1CC[C@@]2(C)C(=CC[C@@H]3C2CC[C@]2(C)[C@@H]([C@H](C)CCCC(C)C)CC[C@@H]32)C1. The van der Waals surface area contributed by atoms with Crippen LogP contribution in [0.3, 0.4) is 0 Å². The van der Waals surface area contributed by atoms with Crippen molar-refractivity contribution in [2.45, 2.75) is 233 Å². The molecule has 1 amide bonds. The lowest BCUT2D eigenvalue weighted by Crippen LogP contribution is -2.51. The van der Waals surface area contributed by atoms with Gasteiger partial charge in [-0.05, 0) is 161 Å². The zero-order valence-electron chi connectivity index (χ0n) is 47.4. The molecule has 1 heterocycles. The maximum absolute atomic E-state index is 13.8. The maximum atomic E-state index is 13.8. The van der Waals surface area contributed by atoms with Crippen LogP contribution in [0.15, 0.2) is 66.3 Å². The summed E-state index contributed by atoms with van der Waals surface area (Å²) in [6, 6.07) is 8.97. The van der Waals surface area contributed by atoms with Gasteiger partial charge in [0.2, 0.25) is 0 Å². The number of hydrogen-bond acceptors (Lipinski definition) is 7. The van der Waals surface area contributed by atoms with E-state index in [0.29, 0.717) is 24.4 Å². The van der Waals surface area contributed by atoms with Gasteiger partial charge in [0, 0.05) is 26.0 Å². The normalized spacial score (nSPS) is 27.5. The number of carbonyl (C=O) groups excluding carboxylic acids is 2. The smallest absolute Gasteiger partial charge is 0.408 e. The van der Waals surface area contributed by atoms with Gasteiger partial charge in [0.05, 0.1) is 19.3 Å². The van der Waals surface area contributed by atoms with Crippen molar-refractivity contribution in [3.05, 3.63) is 71.8 Å². The van der Waals surface area contributed by atoms with Crippen LogP contribution < -0.4 is 5.32 Å². The standard InChI is InChI=1S/C65H106N2O6/c1-7-8-9-10-11-12-13-14-15-16-17-18-19-20-21-28-44-70-50-56(49-67-42-26-23-27-43-67)71-45-46-72-62(68)61(47-53-32-24-22-25-33-53)66-63(69)73-55-38-40-64(5)54(48-55)34-35-57-59-37-36-58(52(4)31-29-30-51(2)3)65(59,6)41-39-60(57)64/h11-12,14-15,22,24-25,32-34,51-52,55-61H,7-10,13,16-21,23,26-31,35-50H2,1-6H3,(H,66,69)/t52-,55?,56?,57+,58-,59+,60?,61+,64+,65-/m1/s1. The van der Waals surface area contributed by atoms with E-state index in [1.165, 1.54) is 140 Å². The third kappa shape index (κ3) is 18.9. The van der Waals surface area contributed by atoms with Crippen LogP contribution in [0.1, 0.15) is 214 Å². The molecule has 0 aromatic heterocycles. The van der Waals surface area contributed by atoms with Crippen molar-refractivity contribution in [3.63, 3.8) is 0 Å². The molecule has 0 bridgehead atoms. The Morgan fingerprint density at radius 1 is 0.781 bits per heavy atom. The summed E-state index contributed by atoms with van der Waals surface area (Å²) in [5, 5.41) is 2.95. The Hall–Kier alpha value is -2.94. The predicted octanol–water partition coefficient (Wildman–Crippen LogP) is 16.0. The average Bonchev–Trinajstić information content (AvgIpc) is 3.74. The van der Waals surface area contributed by atoms with Gasteiger partial charge in [0.15, 0.2) is 0 Å². The molecule has 0 radical (unpaired) electrons. The average molecular weight is 1010 g/mol. The summed E-state index contributed by atoms with van der Waals surface area (Å²) in [4.78, 5) is 30.0. The Morgan fingerprint density at radius 2 is 1.52 bits per heavy atom. The van der Waals surface area contributed by atoms with Crippen molar-refractivity contribution in [1.82, 2.24) is 10.2 Å². The largest absolute Gasteiger partial charge is 0.462 e. The summed E-state index contributed by atoms with van der Waals surface area (Å²) < 4.78 is 24.7. The second-order valence-electron chi connectivity index (χ2n) is 24.6. The number of hydrogen-bond donors (Lipinski definition) is 1. The number of rotatable bonds is 33. The number of benzene rings is 1. The summed E-state index contributed by atoms with van der Waals surface area (Å²) in [6.45, 7) is 19.4. The highest BCUT2D eigenvalue weighted by Gasteiger charge is 2.59. The van der Waals surface area contributed by atoms with Crippen molar-refractivity contribution in [2.24, 2.45) is 46.3 Å². The summed E-state index contributed by atoms with van der Waals surface area (Å²) in [7, 11) is 0. The molecule has 8 heteroatoms. The van der Waals surface area contributed by atoms with Crippen molar-refractivity contribution in [1.29, 1.82) is 0 Å². The van der Waals surface area contributed by atoms with E-state index in [0.717, 1.165) is 93.5 Å². The second kappa shape index (κ2) is 32.0. The van der Waals surface area contributed by atoms with Crippen LogP contribution in [-0.2, 0) is 30.2 Å². The number of allylic oxidation sites excluding steroid dienone is 5. The zero-order valence-corrected chi connectivity index (χ0v) is 47.4. The van der Waals surface area contributed by atoms with Gasteiger partial charge < -0.3 is 29.2 Å². The first-order chi connectivity index (χ1) is 35.5. The molecular formula is C65H106N2O6. The van der Waals surface area contributed by atoms with Crippen LogP contribution >= 0.6 is 0 Å². The van der Waals surface area contributed by atoms with E-state index in [4.69, 9.17) is 18.9 Å². The minimum absolute atomic E-state index is 0.0939. The number of esters is 1. The Bertz CT molecular complexity index is 1810. The maximum Gasteiger partial charge on any atom is 0.408 e. The summed E-state index contributed by atoms with van der Waals surface area (Å²) in [5.74, 6) is 4.30. The highest BCUT2D eigenvalue weighted by atomic mass is 16.6. The molecule has 3 saturated carbocycles. The second-order valence-corrected chi connectivity index (χ2v) is 24.6. The number of unbranched alkanes of at least 4 members (excludes halogenated alkanes) is 9. The van der Waals surface area contributed by atoms with Crippen molar-refractivity contribution >= 4 is 12.1 Å². The number of alkyl carbamates (subject to hydrolysis) is 1. The lowest BCUT2D eigenvalue weighted by molar-refractivity contribution is -0.149. The Kier molecular flexibility index (Phi) is 26.0. The topological polar surface area (TPSA) is 86.3 Å². The summed E-state index contributed by atoms with van der Waals surface area (Å²) in [6.07, 6.45) is 43.3. The quantitative estimate of drug-likeness (QED) is 0.0426. The third-order valence-corrected chi connectivity index (χ3v) is 18.8. The van der Waals surface area contributed by atoms with E-state index < -0.39 is 18.1 Å². The zero-order chi connectivity index (χ0) is 51.7. The molecule has 0 spiro atoms. The van der Waals surface area contributed by atoms with E-state index in [9.17, 15) is 9.59 Å². The van der Waals surface area contributed by atoms with Gasteiger partial charge in [0.25, 0.3) is 0 Å². The number of likely N-dealkylation sites (tertiary alicyclic amines) is 1. The molecule has 1 aliphatic heterocycles. The number of carbonyl (C=O) groups is 2. The Labute approximate surface area is 446 Å². The highest BCUT2D eigenvalue weighted by Crippen LogP contribution is 2.67. The number of fused-ring (bicyclic) bond motifs is 5. The number of nitrogens with one attached hydrogen (secondary N) is 1. The fourth-order valence-electron chi connectivity index (χ4n) is 14.6. The van der Waals surface area contributed by atoms with Crippen LogP contribution in [0.2, 0.25) is 0 Å². The lowest BCUT2D eigenvalue weighted by Gasteiger charge is -2.58. The molecule has 1 N–H and O–H groups in total. The Morgan fingerprint density at radius 3 is 2.27 bits per heavy atom. The lowest BCUT2D eigenvalue weighted by atomic mass is 9.47. The summed E-state index contributed by atoms with van der Waals surface area (Å²) in [5.41, 5.74) is 3.09. The van der Waals surface area contributed by atoms with E-state index in [1.54, 1.807) is 0 Å². The molecule has 10 atom stereocenters. The van der Waals surface area contributed by atoms with E-state index in [-0.39, 0.29) is 30.8 Å². The summed E-state index contributed by atoms with van der Waals surface area (Å²) >= 11 is 0. The molecule has 3 unspecified atom stereocenters. The molecule has 6 rings (SSSR count). The number of ether oxygens (including phenoxy) is 4. The number of nitrogens with zero attached hydrogens (tertiary/aromatic N) is 1. The minimum atomic E-state index is -0.871. The molecule has 412 valence electrons. The first-order valence-electron chi connectivity index (χ1n) is 30.6. The van der Waals surface area contributed by atoms with E-state index >= 15 is 0 Å². The monoisotopic (exact) mass is 1010 g/mol. The van der Waals surface area contributed by atoms with Gasteiger partial charge in [-0.25, -0.2) is 9.59 Å². The van der Waals surface area contributed by atoms with Crippen molar-refractivity contribution in [3.8, 4) is 0 Å².